The average molecular weight is 265 g/mol. The van der Waals surface area contributed by atoms with E-state index in [0.29, 0.717) is 12.6 Å². The fourth-order valence-electron chi connectivity index (χ4n) is 2.33. The molecule has 1 atom stereocenters. The van der Waals surface area contributed by atoms with Crippen LogP contribution in [0.1, 0.15) is 31.0 Å². The van der Waals surface area contributed by atoms with Gasteiger partial charge in [-0.2, -0.15) is 11.8 Å². The lowest BCUT2D eigenvalue weighted by molar-refractivity contribution is 0.688. The molecule has 0 amide bonds. The van der Waals surface area contributed by atoms with Crippen molar-refractivity contribution in [1.29, 1.82) is 0 Å². The van der Waals surface area contributed by atoms with Crippen molar-refractivity contribution in [2.75, 3.05) is 23.5 Å². The molecule has 1 unspecified atom stereocenters. The Morgan fingerprint density at radius 1 is 1.50 bits per heavy atom. The fourth-order valence-corrected chi connectivity index (χ4v) is 3.60. The van der Waals surface area contributed by atoms with Crippen LogP contribution in [-0.4, -0.2) is 29.6 Å². The van der Waals surface area contributed by atoms with Gasteiger partial charge in [0.2, 0.25) is 0 Å². The van der Waals surface area contributed by atoms with Gasteiger partial charge in [-0.3, -0.25) is 0 Å². The molecular formula is C14H23N3S. The highest BCUT2D eigenvalue weighted by Gasteiger charge is 2.21. The van der Waals surface area contributed by atoms with E-state index >= 15 is 0 Å². The smallest absolute Gasteiger partial charge is 0.129 e. The van der Waals surface area contributed by atoms with Crippen LogP contribution in [0.4, 0.5) is 5.82 Å². The van der Waals surface area contributed by atoms with E-state index in [9.17, 15) is 0 Å². The van der Waals surface area contributed by atoms with Gasteiger partial charge in [-0.15, -0.1) is 0 Å². The number of hydrogen-bond acceptors (Lipinski definition) is 4. The van der Waals surface area contributed by atoms with E-state index in [4.69, 9.17) is 10.7 Å². The Hall–Kier alpha value is -0.740. The zero-order chi connectivity index (χ0) is 13.0. The molecule has 0 spiro atoms. The van der Waals surface area contributed by atoms with E-state index in [1.165, 1.54) is 29.2 Å². The van der Waals surface area contributed by atoms with E-state index in [2.05, 4.69) is 31.0 Å². The molecule has 2 rings (SSSR count). The summed E-state index contributed by atoms with van der Waals surface area (Å²) < 4.78 is 0. The highest BCUT2D eigenvalue weighted by Crippen LogP contribution is 2.25. The van der Waals surface area contributed by atoms with Crippen LogP contribution < -0.4 is 10.6 Å². The van der Waals surface area contributed by atoms with Crippen molar-refractivity contribution < 1.29 is 0 Å². The molecule has 1 aromatic heterocycles. The van der Waals surface area contributed by atoms with E-state index in [0.717, 1.165) is 18.7 Å². The highest BCUT2D eigenvalue weighted by atomic mass is 32.2. The van der Waals surface area contributed by atoms with Gasteiger partial charge in [0.25, 0.3) is 0 Å². The van der Waals surface area contributed by atoms with Crippen LogP contribution in [0.15, 0.2) is 12.1 Å². The first-order valence-electron chi connectivity index (χ1n) is 6.75. The number of thioether (sulfide) groups is 1. The average Bonchev–Trinajstić information content (AvgIpc) is 2.91. The molecule has 2 heterocycles. The Balaban J connectivity index is 2.21. The summed E-state index contributed by atoms with van der Waals surface area (Å²) in [6, 6.07) is 4.91. The summed E-state index contributed by atoms with van der Waals surface area (Å²) in [5.74, 6) is 3.58. The minimum atomic E-state index is 0.597. The minimum absolute atomic E-state index is 0.597. The topological polar surface area (TPSA) is 42.1 Å². The summed E-state index contributed by atoms with van der Waals surface area (Å²) in [5, 5.41) is 0. The lowest BCUT2D eigenvalue weighted by Crippen LogP contribution is -2.32. The van der Waals surface area contributed by atoms with Gasteiger partial charge < -0.3 is 10.6 Å². The van der Waals surface area contributed by atoms with E-state index in [1.807, 2.05) is 11.8 Å². The SMILES string of the molecule is CCCc1cc(CN)cc(N(C)C2CCSC2)n1. The second kappa shape index (κ2) is 6.43. The Labute approximate surface area is 114 Å². The maximum atomic E-state index is 5.79. The van der Waals surface area contributed by atoms with Crippen molar-refractivity contribution in [1.82, 2.24) is 4.98 Å². The maximum Gasteiger partial charge on any atom is 0.129 e. The molecule has 1 aromatic rings. The van der Waals surface area contributed by atoms with Crippen molar-refractivity contribution in [2.45, 2.75) is 38.8 Å². The summed E-state index contributed by atoms with van der Waals surface area (Å²) in [6.07, 6.45) is 3.43. The van der Waals surface area contributed by atoms with E-state index < -0.39 is 0 Å². The Morgan fingerprint density at radius 2 is 2.33 bits per heavy atom. The molecule has 1 aliphatic rings. The van der Waals surface area contributed by atoms with Crippen molar-refractivity contribution >= 4 is 17.6 Å². The molecule has 0 bridgehead atoms. The first kappa shape index (κ1) is 13.7. The van der Waals surface area contributed by atoms with Crippen LogP contribution in [0.2, 0.25) is 0 Å². The minimum Gasteiger partial charge on any atom is -0.356 e. The van der Waals surface area contributed by atoms with E-state index in [-0.39, 0.29) is 0 Å². The number of nitrogens with zero attached hydrogens (tertiary/aromatic N) is 2. The third-order valence-electron chi connectivity index (χ3n) is 3.48. The normalized spacial score (nSPS) is 19.2. The predicted molar refractivity (Wildman–Crippen MR) is 80.3 cm³/mol. The van der Waals surface area contributed by atoms with Crippen LogP contribution >= 0.6 is 11.8 Å². The van der Waals surface area contributed by atoms with Gasteiger partial charge in [-0.1, -0.05) is 13.3 Å². The molecule has 1 fully saturated rings. The van der Waals surface area contributed by atoms with Gasteiger partial charge in [-0.05, 0) is 36.3 Å². The summed E-state index contributed by atoms with van der Waals surface area (Å²) in [7, 11) is 2.16. The van der Waals surface area contributed by atoms with Gasteiger partial charge >= 0.3 is 0 Å². The van der Waals surface area contributed by atoms with Gasteiger partial charge in [0.05, 0.1) is 0 Å². The Morgan fingerprint density at radius 3 is 2.94 bits per heavy atom. The second-order valence-corrected chi connectivity index (χ2v) is 6.06. The molecule has 0 saturated carbocycles. The highest BCUT2D eigenvalue weighted by molar-refractivity contribution is 7.99. The molecule has 0 aliphatic carbocycles. The lowest BCUT2D eigenvalue weighted by Gasteiger charge is -2.25. The molecule has 4 heteroatoms. The van der Waals surface area contributed by atoms with Crippen LogP contribution in [0.3, 0.4) is 0 Å². The molecule has 3 nitrogen and oxygen atoms in total. The summed E-state index contributed by atoms with van der Waals surface area (Å²) >= 11 is 2.04. The van der Waals surface area contributed by atoms with Crippen LogP contribution in [-0.2, 0) is 13.0 Å². The fraction of sp³-hybridized carbons (Fsp3) is 0.643. The number of pyridine rings is 1. The van der Waals surface area contributed by atoms with E-state index in [1.54, 1.807) is 0 Å². The summed E-state index contributed by atoms with van der Waals surface area (Å²) in [6.45, 7) is 2.79. The number of aromatic nitrogens is 1. The summed E-state index contributed by atoms with van der Waals surface area (Å²) in [5.41, 5.74) is 8.16. The molecule has 0 radical (unpaired) electrons. The van der Waals surface area contributed by atoms with Crippen molar-refractivity contribution in [3.8, 4) is 0 Å². The largest absolute Gasteiger partial charge is 0.356 e. The van der Waals surface area contributed by atoms with Gasteiger partial charge in [0, 0.05) is 31.1 Å². The number of hydrogen-bond donors (Lipinski definition) is 1. The number of nitrogens with two attached hydrogens (primary N) is 1. The predicted octanol–water partition coefficient (Wildman–Crippen LogP) is 2.43. The van der Waals surface area contributed by atoms with Crippen molar-refractivity contribution in [3.05, 3.63) is 23.4 Å². The third kappa shape index (κ3) is 3.18. The molecule has 0 aromatic carbocycles. The monoisotopic (exact) mass is 265 g/mol. The standard InChI is InChI=1S/C14H23N3S/c1-3-4-12-7-11(9-15)8-14(16-12)17(2)13-5-6-18-10-13/h7-8,13H,3-6,9-10,15H2,1-2H3. The van der Waals surface area contributed by atoms with Gasteiger partial charge in [0.15, 0.2) is 0 Å². The number of anilines is 1. The van der Waals surface area contributed by atoms with Crippen molar-refractivity contribution in [2.24, 2.45) is 5.73 Å². The van der Waals surface area contributed by atoms with Crippen LogP contribution in [0, 0.1) is 0 Å². The molecule has 2 N–H and O–H groups in total. The quantitative estimate of drug-likeness (QED) is 0.888. The number of rotatable bonds is 5. The zero-order valence-corrected chi connectivity index (χ0v) is 12.2. The number of aryl methyl sites for hydroxylation is 1. The second-order valence-electron chi connectivity index (χ2n) is 4.91. The third-order valence-corrected chi connectivity index (χ3v) is 4.63. The van der Waals surface area contributed by atoms with Gasteiger partial charge in [-0.25, -0.2) is 4.98 Å². The first-order valence-corrected chi connectivity index (χ1v) is 7.90. The van der Waals surface area contributed by atoms with Crippen LogP contribution in [0.5, 0.6) is 0 Å². The van der Waals surface area contributed by atoms with Crippen molar-refractivity contribution in [3.63, 3.8) is 0 Å². The lowest BCUT2D eigenvalue weighted by atomic mass is 10.1. The molecule has 100 valence electrons. The summed E-state index contributed by atoms with van der Waals surface area (Å²) in [4.78, 5) is 7.11. The Kier molecular flexibility index (Phi) is 4.89. The Bertz CT molecular complexity index is 389. The zero-order valence-electron chi connectivity index (χ0n) is 11.4. The maximum absolute atomic E-state index is 5.79. The van der Waals surface area contributed by atoms with Crippen LogP contribution in [0.25, 0.3) is 0 Å². The molecule has 18 heavy (non-hydrogen) atoms. The first-order chi connectivity index (χ1) is 8.74. The van der Waals surface area contributed by atoms with Gasteiger partial charge in [0.1, 0.15) is 5.82 Å². The molecule has 1 aliphatic heterocycles. The molecule has 1 saturated heterocycles. The molecular weight excluding hydrogens is 242 g/mol.